The third-order valence-corrected chi connectivity index (χ3v) is 3.75. The van der Waals surface area contributed by atoms with Crippen LogP contribution < -0.4 is 10.6 Å². The molecule has 2 rings (SSSR count). The van der Waals surface area contributed by atoms with Crippen LogP contribution in [0.15, 0.2) is 11.6 Å². The highest BCUT2D eigenvalue weighted by Gasteiger charge is 2.45. The minimum Gasteiger partial charge on any atom is -0.277 e. The zero-order valence-electron chi connectivity index (χ0n) is 10.5. The molecule has 0 atom stereocenters. The number of amides is 4. The lowest BCUT2D eigenvalue weighted by Gasteiger charge is -2.29. The Kier molecular flexibility index (Phi) is 3.50. The Bertz CT molecular complexity index is 398. The lowest BCUT2D eigenvalue weighted by Crippen LogP contribution is -2.61. The third kappa shape index (κ3) is 2.44. The predicted molar refractivity (Wildman–Crippen MR) is 65.6 cm³/mol. The van der Waals surface area contributed by atoms with Gasteiger partial charge in [-0.1, -0.05) is 18.1 Å². The zero-order valence-corrected chi connectivity index (χ0v) is 10.5. The van der Waals surface area contributed by atoms with Gasteiger partial charge in [0, 0.05) is 0 Å². The molecule has 1 aliphatic carbocycles. The molecule has 2 N–H and O–H groups in total. The van der Waals surface area contributed by atoms with Gasteiger partial charge in [0.2, 0.25) is 11.8 Å². The van der Waals surface area contributed by atoms with Crippen molar-refractivity contribution in [2.75, 3.05) is 0 Å². The van der Waals surface area contributed by atoms with Crippen LogP contribution in [0.4, 0.5) is 4.79 Å². The number of allylic oxidation sites excluding steroid dienone is 2. The maximum absolute atomic E-state index is 11.8. The molecule has 0 aromatic rings. The number of barbiturate groups is 1. The Labute approximate surface area is 106 Å². The summed E-state index contributed by atoms with van der Waals surface area (Å²) in [5, 5.41) is 4.30. The molecule has 0 unspecified atom stereocenters. The van der Waals surface area contributed by atoms with Crippen molar-refractivity contribution in [3.63, 3.8) is 0 Å². The van der Waals surface area contributed by atoms with E-state index in [1.165, 1.54) is 24.8 Å². The van der Waals surface area contributed by atoms with Crippen LogP contribution in [0.5, 0.6) is 0 Å². The monoisotopic (exact) mass is 250 g/mol. The highest BCUT2D eigenvalue weighted by molar-refractivity contribution is 6.18. The average Bonchev–Trinajstić information content (AvgIpc) is 2.35. The largest absolute Gasteiger partial charge is 0.328 e. The van der Waals surface area contributed by atoms with Crippen molar-refractivity contribution < 1.29 is 14.4 Å². The van der Waals surface area contributed by atoms with E-state index in [9.17, 15) is 14.4 Å². The molecule has 0 aromatic heterocycles. The Morgan fingerprint density at radius 3 is 2.17 bits per heavy atom. The quantitative estimate of drug-likeness (QED) is 0.578. The summed E-state index contributed by atoms with van der Waals surface area (Å²) in [5.41, 5.74) is 0.151. The number of hydrogen-bond donors (Lipinski definition) is 2. The van der Waals surface area contributed by atoms with Gasteiger partial charge in [0.05, 0.1) is 0 Å². The molecule has 98 valence electrons. The van der Waals surface area contributed by atoms with Crippen molar-refractivity contribution >= 4 is 17.8 Å². The molecule has 0 spiro atoms. The van der Waals surface area contributed by atoms with Crippen molar-refractivity contribution in [1.29, 1.82) is 0 Å². The van der Waals surface area contributed by atoms with Crippen molar-refractivity contribution in [3.05, 3.63) is 11.6 Å². The van der Waals surface area contributed by atoms with Gasteiger partial charge in [-0.3, -0.25) is 20.2 Å². The van der Waals surface area contributed by atoms with Gasteiger partial charge in [-0.2, -0.15) is 0 Å². The van der Waals surface area contributed by atoms with Crippen molar-refractivity contribution in [1.82, 2.24) is 10.6 Å². The van der Waals surface area contributed by atoms with Crippen LogP contribution in [0.2, 0.25) is 0 Å². The molecule has 1 saturated heterocycles. The lowest BCUT2D eigenvalue weighted by molar-refractivity contribution is -0.142. The second kappa shape index (κ2) is 4.92. The van der Waals surface area contributed by atoms with Crippen LogP contribution >= 0.6 is 0 Å². The van der Waals surface area contributed by atoms with Gasteiger partial charge in [0.1, 0.15) is 5.41 Å². The van der Waals surface area contributed by atoms with Crippen LogP contribution in [-0.4, -0.2) is 17.8 Å². The predicted octanol–water partition coefficient (Wildman–Crippen LogP) is 1.64. The van der Waals surface area contributed by atoms with Crippen molar-refractivity contribution in [2.45, 2.75) is 45.4 Å². The van der Waals surface area contributed by atoms with E-state index in [2.05, 4.69) is 10.6 Å². The minimum absolute atomic E-state index is 0.354. The van der Waals surface area contributed by atoms with Crippen molar-refractivity contribution in [3.8, 4) is 0 Å². The molecule has 2 fully saturated rings. The molecule has 5 nitrogen and oxygen atoms in total. The normalized spacial score (nSPS) is 23.4. The Morgan fingerprint density at radius 2 is 1.61 bits per heavy atom. The van der Waals surface area contributed by atoms with Crippen LogP contribution in [0, 0.1) is 5.41 Å². The fourth-order valence-electron chi connectivity index (χ4n) is 2.36. The zero-order chi connectivity index (χ0) is 13.2. The van der Waals surface area contributed by atoms with E-state index < -0.39 is 23.3 Å². The van der Waals surface area contributed by atoms with Crippen LogP contribution in [0.3, 0.4) is 0 Å². The highest BCUT2D eigenvalue weighted by Crippen LogP contribution is 2.29. The topological polar surface area (TPSA) is 75.3 Å². The first kappa shape index (κ1) is 12.8. The molecule has 0 aromatic carbocycles. The maximum atomic E-state index is 11.8. The first-order valence-corrected chi connectivity index (χ1v) is 6.37. The summed E-state index contributed by atoms with van der Waals surface area (Å²) in [5.74, 6) is -1.02. The van der Waals surface area contributed by atoms with Crippen LogP contribution in [0.1, 0.15) is 45.4 Å². The summed E-state index contributed by atoms with van der Waals surface area (Å²) in [7, 11) is 0. The molecule has 1 aliphatic heterocycles. The number of rotatable bonds is 2. The molecular weight excluding hydrogens is 232 g/mol. The average molecular weight is 250 g/mol. The van der Waals surface area contributed by atoms with E-state index in [0.717, 1.165) is 12.8 Å². The van der Waals surface area contributed by atoms with Gasteiger partial charge in [-0.15, -0.1) is 0 Å². The number of urea groups is 1. The smallest absolute Gasteiger partial charge is 0.277 e. The summed E-state index contributed by atoms with van der Waals surface area (Å²) in [6.07, 6.45) is 8.07. The number of carbonyl (C=O) groups is 3. The van der Waals surface area contributed by atoms with Gasteiger partial charge in [-0.05, 0) is 39.0 Å². The lowest BCUT2D eigenvalue weighted by atomic mass is 9.81. The van der Waals surface area contributed by atoms with Crippen molar-refractivity contribution in [2.24, 2.45) is 5.41 Å². The Morgan fingerprint density at radius 1 is 1.06 bits per heavy atom. The van der Waals surface area contributed by atoms with Gasteiger partial charge in [-0.25, -0.2) is 4.79 Å². The fourth-order valence-corrected chi connectivity index (χ4v) is 2.36. The number of nitrogens with one attached hydrogen (secondary N) is 2. The molecule has 18 heavy (non-hydrogen) atoms. The van der Waals surface area contributed by atoms with E-state index in [-0.39, 0.29) is 0 Å². The number of carbonyl (C=O) groups excluding carboxylic acids is 3. The van der Waals surface area contributed by atoms with E-state index in [1.807, 2.05) is 6.08 Å². The molecule has 0 bridgehead atoms. The molecule has 5 heteroatoms. The summed E-state index contributed by atoms with van der Waals surface area (Å²) < 4.78 is 0. The SMILES string of the molecule is CC1(CC=C2CCCCC2)C(=O)NC(=O)NC1=O. The molecule has 2 aliphatic rings. The van der Waals surface area contributed by atoms with E-state index in [0.29, 0.717) is 6.42 Å². The minimum atomic E-state index is -1.17. The summed E-state index contributed by atoms with van der Waals surface area (Å²) >= 11 is 0. The second-order valence-corrected chi connectivity index (χ2v) is 5.20. The first-order valence-electron chi connectivity index (χ1n) is 6.37. The molecule has 0 radical (unpaired) electrons. The van der Waals surface area contributed by atoms with E-state index in [1.54, 1.807) is 6.92 Å². The first-order chi connectivity index (χ1) is 8.52. The van der Waals surface area contributed by atoms with Gasteiger partial charge in [0.15, 0.2) is 0 Å². The van der Waals surface area contributed by atoms with Gasteiger partial charge >= 0.3 is 6.03 Å². The van der Waals surface area contributed by atoms with E-state index in [4.69, 9.17) is 0 Å². The number of imide groups is 2. The van der Waals surface area contributed by atoms with Gasteiger partial charge < -0.3 is 0 Å². The fraction of sp³-hybridized carbons (Fsp3) is 0.615. The standard InChI is InChI=1S/C13H18N2O3/c1-13(8-7-9-5-3-2-4-6-9)10(16)14-12(18)15-11(13)17/h7H,2-6,8H2,1H3,(H2,14,15,16,17,18). The highest BCUT2D eigenvalue weighted by atomic mass is 16.2. The molecule has 1 saturated carbocycles. The Balaban J connectivity index is 2.08. The number of hydrogen-bond acceptors (Lipinski definition) is 3. The Hall–Kier alpha value is -1.65. The molecule has 4 amide bonds. The summed E-state index contributed by atoms with van der Waals surface area (Å²) in [4.78, 5) is 34.6. The molecular formula is C13H18N2O3. The van der Waals surface area contributed by atoms with Crippen LogP contribution in [0.25, 0.3) is 0 Å². The van der Waals surface area contributed by atoms with Gasteiger partial charge in [0.25, 0.3) is 0 Å². The van der Waals surface area contributed by atoms with Crippen LogP contribution in [-0.2, 0) is 9.59 Å². The maximum Gasteiger partial charge on any atom is 0.328 e. The summed E-state index contributed by atoms with van der Waals surface area (Å²) in [6, 6.07) is -0.729. The molecule has 1 heterocycles. The van der Waals surface area contributed by atoms with E-state index >= 15 is 0 Å². The third-order valence-electron chi connectivity index (χ3n) is 3.75. The summed E-state index contributed by atoms with van der Waals surface area (Å²) in [6.45, 7) is 1.57. The second-order valence-electron chi connectivity index (χ2n) is 5.20.